The number of hydrogen-bond acceptors (Lipinski definition) is 2. The summed E-state index contributed by atoms with van der Waals surface area (Å²) in [5.41, 5.74) is 1.88. The number of carbonyl (C=O) groups excluding carboxylic acids is 1. The Morgan fingerprint density at radius 3 is 1.77 bits per heavy atom. The van der Waals surface area contributed by atoms with Crippen LogP contribution in [0.5, 0.6) is 0 Å². The van der Waals surface area contributed by atoms with E-state index in [1.807, 2.05) is 91.0 Å². The van der Waals surface area contributed by atoms with Crippen LogP contribution >= 0.6 is 0 Å². The summed E-state index contributed by atoms with van der Waals surface area (Å²) in [6.45, 7) is 0.503. The Kier molecular flexibility index (Phi) is 4.23. The van der Waals surface area contributed by atoms with Gasteiger partial charge in [0.05, 0.1) is 6.54 Å². The van der Waals surface area contributed by atoms with Gasteiger partial charge in [0.15, 0.2) is 11.5 Å². The van der Waals surface area contributed by atoms with E-state index in [2.05, 4.69) is 15.6 Å². The number of nitrogens with one attached hydrogen (secondary N) is 2. The molecule has 0 saturated carbocycles. The first-order valence-electron chi connectivity index (χ1n) is 8.58. The number of rotatable bonds is 4. The molecule has 0 atom stereocenters. The van der Waals surface area contributed by atoms with Gasteiger partial charge in [0.1, 0.15) is 0 Å². The third-order valence-corrected chi connectivity index (χ3v) is 4.55. The Labute approximate surface area is 152 Å². The lowest BCUT2D eigenvalue weighted by molar-refractivity contribution is -0.122. The first kappa shape index (κ1) is 16.1. The first-order chi connectivity index (χ1) is 12.8. The molecule has 1 aliphatic heterocycles. The number of amides is 1. The maximum absolute atomic E-state index is 13.1. The molecule has 3 aromatic rings. The van der Waals surface area contributed by atoms with Gasteiger partial charge in [-0.25, -0.2) is 4.99 Å². The highest BCUT2D eigenvalue weighted by Crippen LogP contribution is 2.32. The molecule has 0 bridgehead atoms. The van der Waals surface area contributed by atoms with Crippen LogP contribution in [0.4, 0.5) is 0 Å². The lowest BCUT2D eigenvalue weighted by Gasteiger charge is -2.27. The molecule has 1 heterocycles. The molecule has 0 radical (unpaired) electrons. The van der Waals surface area contributed by atoms with E-state index in [9.17, 15) is 4.79 Å². The van der Waals surface area contributed by atoms with Gasteiger partial charge in [0.25, 0.3) is 5.91 Å². The van der Waals surface area contributed by atoms with Crippen molar-refractivity contribution in [1.29, 1.82) is 0 Å². The fourth-order valence-corrected chi connectivity index (χ4v) is 3.25. The molecular formula is C22H19N3O. The monoisotopic (exact) mass is 341 g/mol. The molecule has 1 saturated heterocycles. The van der Waals surface area contributed by atoms with Crippen molar-refractivity contribution in [2.75, 3.05) is 0 Å². The summed E-state index contributed by atoms with van der Waals surface area (Å²) in [6.07, 6.45) is 0. The molecule has 4 nitrogen and oxygen atoms in total. The Balaban J connectivity index is 1.72. The minimum Gasteiger partial charge on any atom is -0.334 e. The topological polar surface area (TPSA) is 53.5 Å². The van der Waals surface area contributed by atoms with E-state index in [1.165, 1.54) is 0 Å². The van der Waals surface area contributed by atoms with Crippen molar-refractivity contribution < 1.29 is 4.79 Å². The second-order valence-electron chi connectivity index (χ2n) is 6.21. The standard InChI is InChI=1S/C22H19N3O/c26-20-22(18-12-6-2-7-13-18,19-14-8-3-9-15-19)25-21(24-20)23-16-17-10-4-1-5-11-17/h1-15H,16H2,(H2,23,24,25,26). The van der Waals surface area contributed by atoms with Crippen LogP contribution in [0.1, 0.15) is 16.7 Å². The zero-order valence-corrected chi connectivity index (χ0v) is 14.2. The number of hydrogen-bond donors (Lipinski definition) is 2. The summed E-state index contributed by atoms with van der Waals surface area (Å²) in [5.74, 6) is 0.369. The third kappa shape index (κ3) is 2.86. The van der Waals surface area contributed by atoms with Crippen molar-refractivity contribution in [3.05, 3.63) is 108 Å². The molecule has 1 fully saturated rings. The van der Waals surface area contributed by atoms with Crippen LogP contribution in [0.3, 0.4) is 0 Å². The van der Waals surface area contributed by atoms with Crippen molar-refractivity contribution >= 4 is 11.9 Å². The molecule has 26 heavy (non-hydrogen) atoms. The fraction of sp³-hybridized carbons (Fsp3) is 0.0909. The average molecular weight is 341 g/mol. The van der Waals surface area contributed by atoms with Crippen molar-refractivity contribution in [2.24, 2.45) is 4.99 Å². The summed E-state index contributed by atoms with van der Waals surface area (Å²) < 4.78 is 0. The molecule has 1 aliphatic rings. The zero-order valence-electron chi connectivity index (χ0n) is 14.2. The smallest absolute Gasteiger partial charge is 0.261 e. The van der Waals surface area contributed by atoms with Crippen molar-refractivity contribution in [3.8, 4) is 0 Å². The normalized spacial score (nSPS) is 16.9. The van der Waals surface area contributed by atoms with E-state index >= 15 is 0 Å². The van der Waals surface area contributed by atoms with Crippen LogP contribution in [-0.4, -0.2) is 11.9 Å². The lowest BCUT2D eigenvalue weighted by Crippen LogP contribution is -2.45. The minimum atomic E-state index is -0.974. The van der Waals surface area contributed by atoms with Crippen LogP contribution < -0.4 is 10.6 Å². The maximum Gasteiger partial charge on any atom is 0.261 e. The number of aliphatic imine (C=N–C) groups is 1. The maximum atomic E-state index is 13.1. The van der Waals surface area contributed by atoms with E-state index in [4.69, 9.17) is 0 Å². The van der Waals surface area contributed by atoms with Crippen molar-refractivity contribution in [1.82, 2.24) is 10.6 Å². The van der Waals surface area contributed by atoms with Crippen molar-refractivity contribution in [2.45, 2.75) is 12.1 Å². The lowest BCUT2D eigenvalue weighted by atomic mass is 9.83. The number of guanidine groups is 1. The largest absolute Gasteiger partial charge is 0.334 e. The van der Waals surface area contributed by atoms with Crippen LogP contribution in [0.15, 0.2) is 96.0 Å². The molecular weight excluding hydrogens is 322 g/mol. The molecule has 1 amide bonds. The second-order valence-corrected chi connectivity index (χ2v) is 6.21. The summed E-state index contributed by atoms with van der Waals surface area (Å²) in [7, 11) is 0. The van der Waals surface area contributed by atoms with Gasteiger partial charge >= 0.3 is 0 Å². The van der Waals surface area contributed by atoms with Gasteiger partial charge in [-0.1, -0.05) is 91.0 Å². The van der Waals surface area contributed by atoms with Gasteiger partial charge in [0.2, 0.25) is 0 Å². The average Bonchev–Trinajstić information content (AvgIpc) is 3.06. The van der Waals surface area contributed by atoms with Gasteiger partial charge in [-0.2, -0.15) is 0 Å². The summed E-state index contributed by atoms with van der Waals surface area (Å²) in [5, 5.41) is 6.26. The molecule has 4 rings (SSSR count). The van der Waals surface area contributed by atoms with Gasteiger partial charge < -0.3 is 5.32 Å². The van der Waals surface area contributed by atoms with E-state index in [1.54, 1.807) is 0 Å². The quantitative estimate of drug-likeness (QED) is 0.766. The molecule has 0 spiro atoms. The molecule has 0 aromatic heterocycles. The number of nitrogens with zero attached hydrogens (tertiary/aromatic N) is 1. The van der Waals surface area contributed by atoms with Gasteiger partial charge in [-0.15, -0.1) is 0 Å². The van der Waals surface area contributed by atoms with E-state index < -0.39 is 5.54 Å². The number of benzene rings is 3. The molecule has 4 heteroatoms. The summed E-state index contributed by atoms with van der Waals surface area (Å²) in [6, 6.07) is 29.4. The highest BCUT2D eigenvalue weighted by atomic mass is 16.2. The van der Waals surface area contributed by atoms with Crippen LogP contribution in [0, 0.1) is 0 Å². The van der Waals surface area contributed by atoms with Gasteiger partial charge in [-0.05, 0) is 16.7 Å². The highest BCUT2D eigenvalue weighted by molar-refractivity contribution is 6.11. The van der Waals surface area contributed by atoms with Crippen LogP contribution in [0.25, 0.3) is 0 Å². The van der Waals surface area contributed by atoms with E-state index in [0.717, 1.165) is 16.7 Å². The van der Waals surface area contributed by atoms with Crippen LogP contribution in [0.2, 0.25) is 0 Å². The Hall–Kier alpha value is -3.40. The van der Waals surface area contributed by atoms with E-state index in [0.29, 0.717) is 12.5 Å². The predicted octanol–water partition coefficient (Wildman–Crippen LogP) is 3.21. The van der Waals surface area contributed by atoms with Crippen molar-refractivity contribution in [3.63, 3.8) is 0 Å². The molecule has 0 unspecified atom stereocenters. The molecule has 2 N–H and O–H groups in total. The summed E-state index contributed by atoms with van der Waals surface area (Å²) in [4.78, 5) is 17.6. The Morgan fingerprint density at radius 2 is 1.23 bits per heavy atom. The molecule has 128 valence electrons. The summed E-state index contributed by atoms with van der Waals surface area (Å²) >= 11 is 0. The van der Waals surface area contributed by atoms with Gasteiger partial charge in [0, 0.05) is 0 Å². The third-order valence-electron chi connectivity index (χ3n) is 4.55. The van der Waals surface area contributed by atoms with E-state index in [-0.39, 0.29) is 5.91 Å². The molecule has 3 aromatic carbocycles. The predicted molar refractivity (Wildman–Crippen MR) is 103 cm³/mol. The minimum absolute atomic E-state index is 0.123. The van der Waals surface area contributed by atoms with Gasteiger partial charge in [-0.3, -0.25) is 10.1 Å². The highest BCUT2D eigenvalue weighted by Gasteiger charge is 2.48. The molecule has 0 aliphatic carbocycles. The SMILES string of the molecule is O=C1NC(=NCc2ccccc2)NC1(c1ccccc1)c1ccccc1. The fourth-order valence-electron chi connectivity index (χ4n) is 3.25. The first-order valence-corrected chi connectivity index (χ1v) is 8.58. The van der Waals surface area contributed by atoms with Crippen LogP contribution in [-0.2, 0) is 16.9 Å². The number of carbonyl (C=O) groups is 1. The Bertz CT molecular complexity index is 882. The zero-order chi connectivity index (χ0) is 17.8. The Morgan fingerprint density at radius 1 is 0.731 bits per heavy atom. The second kappa shape index (κ2) is 6.84.